The van der Waals surface area contributed by atoms with Gasteiger partial charge in [-0.2, -0.15) is 0 Å². The number of ether oxygens (including phenoxy) is 1. The summed E-state index contributed by atoms with van der Waals surface area (Å²) in [4.78, 5) is 30.2. The van der Waals surface area contributed by atoms with Crippen molar-refractivity contribution in [1.82, 2.24) is 15.2 Å². The molecule has 2 aromatic rings. The number of halogens is 2. The van der Waals surface area contributed by atoms with E-state index in [-0.39, 0.29) is 30.2 Å². The summed E-state index contributed by atoms with van der Waals surface area (Å²) in [5, 5.41) is 8.78. The minimum absolute atomic E-state index is 0.0496. The third-order valence-electron chi connectivity index (χ3n) is 4.19. The molecule has 2 N–H and O–H groups in total. The summed E-state index contributed by atoms with van der Waals surface area (Å²) >= 11 is 13.4. The molecule has 2 amide bonds. The molecule has 0 aliphatic carbocycles. The van der Waals surface area contributed by atoms with Gasteiger partial charge in [0, 0.05) is 25.6 Å². The highest BCUT2D eigenvalue weighted by molar-refractivity contribution is 7.14. The van der Waals surface area contributed by atoms with Crippen molar-refractivity contribution in [2.45, 2.75) is 18.9 Å². The van der Waals surface area contributed by atoms with Gasteiger partial charge in [0.25, 0.3) is 5.91 Å². The minimum Gasteiger partial charge on any atom is -0.376 e. The molecule has 1 saturated heterocycles. The highest BCUT2D eigenvalue weighted by Crippen LogP contribution is 2.32. The van der Waals surface area contributed by atoms with Gasteiger partial charge < -0.3 is 20.3 Å². The molecule has 1 atom stereocenters. The van der Waals surface area contributed by atoms with Crippen molar-refractivity contribution in [3.8, 4) is 0 Å². The van der Waals surface area contributed by atoms with Crippen LogP contribution < -0.4 is 10.6 Å². The quantitative estimate of drug-likeness (QED) is 0.684. The van der Waals surface area contributed by atoms with Crippen molar-refractivity contribution in [3.05, 3.63) is 39.3 Å². The highest BCUT2D eigenvalue weighted by Gasteiger charge is 2.20. The molecule has 28 heavy (non-hydrogen) atoms. The fraction of sp³-hybridized carbons (Fsp3) is 0.389. The number of anilines is 2. The van der Waals surface area contributed by atoms with E-state index in [0.717, 1.165) is 19.4 Å². The van der Waals surface area contributed by atoms with E-state index in [1.807, 2.05) is 0 Å². The van der Waals surface area contributed by atoms with Crippen LogP contribution in [0, 0.1) is 0 Å². The molecule has 1 aliphatic rings. The first-order valence-electron chi connectivity index (χ1n) is 8.74. The maximum absolute atomic E-state index is 12.5. The molecule has 0 saturated carbocycles. The van der Waals surface area contributed by atoms with Crippen LogP contribution in [0.5, 0.6) is 0 Å². The summed E-state index contributed by atoms with van der Waals surface area (Å²) in [5.74, 6) is -0.570. The molecule has 0 bridgehead atoms. The summed E-state index contributed by atoms with van der Waals surface area (Å²) < 4.78 is 5.46. The number of nitrogens with zero attached hydrogens (tertiary/aromatic N) is 2. The smallest absolute Gasteiger partial charge is 0.273 e. The topological polar surface area (TPSA) is 83.6 Å². The van der Waals surface area contributed by atoms with Crippen LogP contribution in [0.3, 0.4) is 0 Å². The van der Waals surface area contributed by atoms with Gasteiger partial charge in [0.2, 0.25) is 5.91 Å². The van der Waals surface area contributed by atoms with Crippen molar-refractivity contribution < 1.29 is 14.3 Å². The third kappa shape index (κ3) is 5.35. The average Bonchev–Trinajstić information content (AvgIpc) is 3.35. The Balaban J connectivity index is 1.53. The van der Waals surface area contributed by atoms with Crippen LogP contribution >= 0.6 is 34.5 Å². The number of hydrogen-bond donors (Lipinski definition) is 2. The van der Waals surface area contributed by atoms with Gasteiger partial charge >= 0.3 is 0 Å². The zero-order valence-electron chi connectivity index (χ0n) is 15.2. The van der Waals surface area contributed by atoms with Crippen molar-refractivity contribution in [3.63, 3.8) is 0 Å². The molecule has 1 aromatic carbocycles. The van der Waals surface area contributed by atoms with Crippen LogP contribution in [0.25, 0.3) is 0 Å². The molecule has 1 aromatic heterocycles. The number of benzene rings is 1. The number of hydrogen-bond acceptors (Lipinski definition) is 6. The van der Waals surface area contributed by atoms with Gasteiger partial charge in [-0.3, -0.25) is 9.59 Å². The SMILES string of the molecule is CN(CC(=O)NCC1CCCO1)C(=O)c1csc(Nc2cccc(Cl)c2Cl)n1. The Morgan fingerprint density at radius 2 is 2.21 bits per heavy atom. The van der Waals surface area contributed by atoms with Gasteiger partial charge in [-0.15, -0.1) is 11.3 Å². The molecule has 2 heterocycles. The monoisotopic (exact) mass is 442 g/mol. The first-order valence-corrected chi connectivity index (χ1v) is 10.4. The van der Waals surface area contributed by atoms with Crippen molar-refractivity contribution in [2.75, 3.05) is 32.1 Å². The van der Waals surface area contributed by atoms with E-state index in [2.05, 4.69) is 15.6 Å². The second-order valence-corrected chi connectivity index (χ2v) is 8.01. The van der Waals surface area contributed by atoms with E-state index in [0.29, 0.717) is 27.4 Å². The van der Waals surface area contributed by atoms with Crippen molar-refractivity contribution in [1.29, 1.82) is 0 Å². The Bertz CT molecular complexity index is 855. The summed E-state index contributed by atoms with van der Waals surface area (Å²) in [6, 6.07) is 5.21. The minimum atomic E-state index is -0.339. The Hall–Kier alpha value is -1.87. The molecule has 0 spiro atoms. The lowest BCUT2D eigenvalue weighted by Gasteiger charge is -2.16. The van der Waals surface area contributed by atoms with E-state index < -0.39 is 0 Å². The zero-order chi connectivity index (χ0) is 20.1. The summed E-state index contributed by atoms with van der Waals surface area (Å²) in [5.41, 5.74) is 0.851. The first-order chi connectivity index (χ1) is 13.4. The number of carbonyl (C=O) groups is 2. The molecule has 0 radical (unpaired) electrons. The number of aromatic nitrogens is 1. The normalized spacial score (nSPS) is 16.0. The molecule has 1 unspecified atom stereocenters. The van der Waals surface area contributed by atoms with Crippen molar-refractivity contribution in [2.24, 2.45) is 0 Å². The van der Waals surface area contributed by atoms with Crippen LogP contribution in [-0.2, 0) is 9.53 Å². The molecule has 10 heteroatoms. The highest BCUT2D eigenvalue weighted by atomic mass is 35.5. The summed E-state index contributed by atoms with van der Waals surface area (Å²) in [6.45, 7) is 1.15. The van der Waals surface area contributed by atoms with Gasteiger partial charge in [-0.05, 0) is 25.0 Å². The summed E-state index contributed by atoms with van der Waals surface area (Å²) in [7, 11) is 1.56. The Morgan fingerprint density at radius 1 is 1.39 bits per heavy atom. The van der Waals surface area contributed by atoms with Crippen LogP contribution in [0.1, 0.15) is 23.3 Å². The molecule has 150 valence electrons. The maximum atomic E-state index is 12.5. The van der Waals surface area contributed by atoms with Crippen LogP contribution in [-0.4, -0.2) is 54.5 Å². The first kappa shape index (κ1) is 20.9. The molecule has 1 fully saturated rings. The van der Waals surface area contributed by atoms with E-state index in [1.54, 1.807) is 30.6 Å². The zero-order valence-corrected chi connectivity index (χ0v) is 17.5. The number of thiazole rings is 1. The van der Waals surface area contributed by atoms with E-state index >= 15 is 0 Å². The fourth-order valence-electron chi connectivity index (χ4n) is 2.72. The van der Waals surface area contributed by atoms with E-state index in [4.69, 9.17) is 27.9 Å². The number of carbonyl (C=O) groups excluding carboxylic acids is 2. The summed E-state index contributed by atoms with van der Waals surface area (Å²) in [6.07, 6.45) is 2.02. The predicted octanol–water partition coefficient (Wildman–Crippen LogP) is 3.56. The lowest BCUT2D eigenvalue weighted by atomic mass is 10.2. The van der Waals surface area contributed by atoms with Gasteiger partial charge in [-0.1, -0.05) is 29.3 Å². The third-order valence-corrected chi connectivity index (χ3v) is 5.77. The molecule has 3 rings (SSSR count). The number of rotatable bonds is 7. The molecule has 1 aliphatic heterocycles. The maximum Gasteiger partial charge on any atom is 0.273 e. The standard InChI is InChI=1S/C18H20Cl2N4O3S/c1-24(9-15(25)21-8-11-4-3-7-27-11)17(26)14-10-28-18(23-14)22-13-6-2-5-12(19)16(13)20/h2,5-6,10-11H,3-4,7-9H2,1H3,(H,21,25)(H,22,23). The van der Waals surface area contributed by atoms with Crippen molar-refractivity contribution >= 4 is 57.2 Å². The Labute approximate surface area is 177 Å². The molecule has 7 nitrogen and oxygen atoms in total. The van der Waals surface area contributed by atoms with Gasteiger partial charge in [-0.25, -0.2) is 4.98 Å². The van der Waals surface area contributed by atoms with Crippen LogP contribution in [0.15, 0.2) is 23.6 Å². The average molecular weight is 443 g/mol. The van der Waals surface area contributed by atoms with Crippen LogP contribution in [0.4, 0.5) is 10.8 Å². The fourth-order valence-corrected chi connectivity index (χ4v) is 3.76. The van der Waals surface area contributed by atoms with Gasteiger partial charge in [0.05, 0.1) is 28.4 Å². The number of likely N-dealkylation sites (N-methyl/N-ethyl adjacent to an activating group) is 1. The number of nitrogens with one attached hydrogen (secondary N) is 2. The molecular weight excluding hydrogens is 423 g/mol. The van der Waals surface area contributed by atoms with Crippen LogP contribution in [0.2, 0.25) is 10.0 Å². The van der Waals surface area contributed by atoms with Gasteiger partial charge in [0.15, 0.2) is 5.13 Å². The van der Waals surface area contributed by atoms with E-state index in [9.17, 15) is 9.59 Å². The Morgan fingerprint density at radius 3 is 2.96 bits per heavy atom. The predicted molar refractivity (Wildman–Crippen MR) is 111 cm³/mol. The molecular formula is C18H20Cl2N4O3S. The Kier molecular flexibility index (Phi) is 7.12. The second-order valence-electron chi connectivity index (χ2n) is 6.36. The largest absolute Gasteiger partial charge is 0.376 e. The van der Waals surface area contributed by atoms with Gasteiger partial charge in [0.1, 0.15) is 5.69 Å². The second kappa shape index (κ2) is 9.56. The lowest BCUT2D eigenvalue weighted by molar-refractivity contribution is -0.122. The number of amides is 2. The van der Waals surface area contributed by atoms with E-state index in [1.165, 1.54) is 16.2 Å². The lowest BCUT2D eigenvalue weighted by Crippen LogP contribution is -2.41.